The summed E-state index contributed by atoms with van der Waals surface area (Å²) in [5.74, 6) is 0.826. The number of carbonyl (C=O) groups is 1. The second-order valence-corrected chi connectivity index (χ2v) is 6.97. The van der Waals surface area contributed by atoms with E-state index in [4.69, 9.17) is 21.6 Å². The number of ether oxygens (including phenoxy) is 1. The predicted octanol–water partition coefficient (Wildman–Crippen LogP) is 3.45. The Balaban J connectivity index is 1.39. The molecule has 0 saturated carbocycles. The third kappa shape index (κ3) is 5.85. The number of nitrogens with zero attached hydrogens (tertiary/aromatic N) is 3. The van der Waals surface area contributed by atoms with Crippen LogP contribution in [-0.2, 0) is 4.79 Å². The zero-order valence-electron chi connectivity index (χ0n) is 15.6. The van der Waals surface area contributed by atoms with Gasteiger partial charge in [-0.2, -0.15) is 5.26 Å². The Labute approximate surface area is 170 Å². The first-order chi connectivity index (χ1) is 13.6. The van der Waals surface area contributed by atoms with Crippen molar-refractivity contribution in [2.45, 2.75) is 0 Å². The van der Waals surface area contributed by atoms with Gasteiger partial charge in [0.05, 0.1) is 11.6 Å². The van der Waals surface area contributed by atoms with Gasteiger partial charge in [-0.25, -0.2) is 0 Å². The van der Waals surface area contributed by atoms with Crippen LogP contribution in [0, 0.1) is 11.3 Å². The van der Waals surface area contributed by atoms with Crippen molar-refractivity contribution in [3.8, 4) is 11.8 Å². The van der Waals surface area contributed by atoms with Crippen molar-refractivity contribution in [1.29, 1.82) is 5.26 Å². The Bertz CT molecular complexity index is 849. The topological polar surface area (TPSA) is 56.6 Å². The molecule has 3 rings (SSSR count). The molecule has 1 heterocycles. The molecule has 0 unspecified atom stereocenters. The number of hydrogen-bond donors (Lipinski definition) is 0. The minimum atomic E-state index is 0.0152. The maximum atomic E-state index is 12.4. The van der Waals surface area contributed by atoms with Gasteiger partial charge in [0.2, 0.25) is 5.91 Å². The lowest BCUT2D eigenvalue weighted by atomic mass is 10.1. The van der Waals surface area contributed by atoms with E-state index in [2.05, 4.69) is 11.0 Å². The number of halogens is 1. The molecule has 0 aromatic heterocycles. The first-order valence-electron chi connectivity index (χ1n) is 9.22. The molecule has 1 saturated heterocycles. The highest BCUT2D eigenvalue weighted by Crippen LogP contribution is 2.15. The van der Waals surface area contributed by atoms with Gasteiger partial charge in [0, 0.05) is 43.8 Å². The van der Waals surface area contributed by atoms with Gasteiger partial charge in [-0.15, -0.1) is 0 Å². The van der Waals surface area contributed by atoms with E-state index >= 15 is 0 Å². The summed E-state index contributed by atoms with van der Waals surface area (Å²) < 4.78 is 5.73. The lowest BCUT2D eigenvalue weighted by Gasteiger charge is -2.34. The molecule has 0 radical (unpaired) electrons. The largest absolute Gasteiger partial charge is 0.492 e. The highest BCUT2D eigenvalue weighted by atomic mass is 35.5. The normalized spacial score (nSPS) is 14.8. The zero-order chi connectivity index (χ0) is 19.8. The fraction of sp³-hybridized carbons (Fsp3) is 0.273. The van der Waals surface area contributed by atoms with Crippen LogP contribution in [0.2, 0.25) is 5.02 Å². The second kappa shape index (κ2) is 9.93. The lowest BCUT2D eigenvalue weighted by Crippen LogP contribution is -2.49. The average Bonchev–Trinajstić information content (AvgIpc) is 2.74. The summed E-state index contributed by atoms with van der Waals surface area (Å²) in [6.45, 7) is 4.51. The fourth-order valence-corrected chi connectivity index (χ4v) is 3.08. The summed E-state index contributed by atoms with van der Waals surface area (Å²) in [6.07, 6.45) is 3.39. The lowest BCUT2D eigenvalue weighted by molar-refractivity contribution is -0.127. The predicted molar refractivity (Wildman–Crippen MR) is 110 cm³/mol. The fourth-order valence-electron chi connectivity index (χ4n) is 2.96. The Morgan fingerprint density at radius 3 is 2.39 bits per heavy atom. The first kappa shape index (κ1) is 19.9. The van der Waals surface area contributed by atoms with E-state index in [1.807, 2.05) is 41.3 Å². The van der Waals surface area contributed by atoms with Gasteiger partial charge in [0.15, 0.2) is 0 Å². The van der Waals surface area contributed by atoms with Gasteiger partial charge in [-0.1, -0.05) is 23.7 Å². The van der Waals surface area contributed by atoms with Gasteiger partial charge < -0.3 is 9.64 Å². The second-order valence-electron chi connectivity index (χ2n) is 6.54. The number of amides is 1. The van der Waals surface area contributed by atoms with E-state index in [1.54, 1.807) is 24.3 Å². The van der Waals surface area contributed by atoms with E-state index in [1.165, 1.54) is 0 Å². The molecule has 5 nitrogen and oxygen atoms in total. The van der Waals surface area contributed by atoms with E-state index in [0.717, 1.165) is 30.9 Å². The van der Waals surface area contributed by atoms with Crippen LogP contribution in [-0.4, -0.2) is 55.0 Å². The van der Waals surface area contributed by atoms with Crippen molar-refractivity contribution >= 4 is 23.6 Å². The van der Waals surface area contributed by atoms with Gasteiger partial charge >= 0.3 is 0 Å². The van der Waals surface area contributed by atoms with Crippen LogP contribution >= 0.6 is 11.6 Å². The molecule has 1 aliphatic rings. The summed E-state index contributed by atoms with van der Waals surface area (Å²) in [6, 6.07) is 16.6. The van der Waals surface area contributed by atoms with Crippen molar-refractivity contribution in [3.05, 3.63) is 70.8 Å². The van der Waals surface area contributed by atoms with E-state index in [-0.39, 0.29) is 5.91 Å². The molecule has 2 aromatic carbocycles. The Morgan fingerprint density at radius 1 is 1.07 bits per heavy atom. The third-order valence-corrected chi connectivity index (χ3v) is 4.88. The minimum absolute atomic E-state index is 0.0152. The molecular formula is C22H22ClN3O2. The molecule has 0 aliphatic carbocycles. The standard InChI is InChI=1S/C22H22ClN3O2/c23-20-6-8-21(9-7-20)28-16-15-25-11-13-26(14-12-25)22(27)10-5-18-1-3-19(17-24)4-2-18/h1-10H,11-16H2. The number of carbonyl (C=O) groups excluding carboxylic acids is 1. The molecule has 2 aromatic rings. The smallest absolute Gasteiger partial charge is 0.246 e. The first-order valence-corrected chi connectivity index (χ1v) is 9.60. The Kier molecular flexibility index (Phi) is 7.07. The highest BCUT2D eigenvalue weighted by molar-refractivity contribution is 6.30. The molecule has 28 heavy (non-hydrogen) atoms. The Hall–Kier alpha value is -2.81. The molecule has 1 aliphatic heterocycles. The molecule has 6 heteroatoms. The van der Waals surface area contributed by atoms with Gasteiger partial charge in [-0.3, -0.25) is 9.69 Å². The molecule has 1 fully saturated rings. The molecular weight excluding hydrogens is 374 g/mol. The van der Waals surface area contributed by atoms with Crippen molar-refractivity contribution in [2.24, 2.45) is 0 Å². The van der Waals surface area contributed by atoms with E-state index < -0.39 is 0 Å². The van der Waals surface area contributed by atoms with Gasteiger partial charge in [0.1, 0.15) is 12.4 Å². The molecule has 144 valence electrons. The monoisotopic (exact) mass is 395 g/mol. The van der Waals surface area contributed by atoms with Crippen LogP contribution in [0.1, 0.15) is 11.1 Å². The number of rotatable bonds is 6. The molecule has 0 bridgehead atoms. The van der Waals surface area contributed by atoms with Crippen LogP contribution in [0.3, 0.4) is 0 Å². The van der Waals surface area contributed by atoms with Gasteiger partial charge in [-0.05, 0) is 48.0 Å². The summed E-state index contributed by atoms with van der Waals surface area (Å²) >= 11 is 5.86. The average molecular weight is 396 g/mol. The summed E-state index contributed by atoms with van der Waals surface area (Å²) in [7, 11) is 0. The summed E-state index contributed by atoms with van der Waals surface area (Å²) in [5, 5.41) is 9.51. The van der Waals surface area contributed by atoms with Gasteiger partial charge in [0.25, 0.3) is 0 Å². The van der Waals surface area contributed by atoms with Crippen LogP contribution in [0.15, 0.2) is 54.6 Å². The van der Waals surface area contributed by atoms with Crippen molar-refractivity contribution in [1.82, 2.24) is 9.80 Å². The van der Waals surface area contributed by atoms with Crippen LogP contribution in [0.25, 0.3) is 6.08 Å². The molecule has 0 atom stereocenters. The molecule has 1 amide bonds. The van der Waals surface area contributed by atoms with Crippen molar-refractivity contribution in [3.63, 3.8) is 0 Å². The quantitative estimate of drug-likeness (QED) is 0.703. The van der Waals surface area contributed by atoms with Crippen molar-refractivity contribution < 1.29 is 9.53 Å². The number of piperazine rings is 1. The number of benzene rings is 2. The SMILES string of the molecule is N#Cc1ccc(C=CC(=O)N2CCN(CCOc3ccc(Cl)cc3)CC2)cc1. The number of nitriles is 1. The van der Waals surface area contributed by atoms with E-state index in [0.29, 0.717) is 30.3 Å². The summed E-state index contributed by atoms with van der Waals surface area (Å²) in [5.41, 5.74) is 1.52. The van der Waals surface area contributed by atoms with Crippen LogP contribution in [0.5, 0.6) is 5.75 Å². The maximum Gasteiger partial charge on any atom is 0.246 e. The maximum absolute atomic E-state index is 12.4. The third-order valence-electron chi connectivity index (χ3n) is 4.63. The zero-order valence-corrected chi connectivity index (χ0v) is 16.3. The van der Waals surface area contributed by atoms with Crippen LogP contribution in [0.4, 0.5) is 0 Å². The molecule has 0 N–H and O–H groups in total. The number of hydrogen-bond acceptors (Lipinski definition) is 4. The van der Waals surface area contributed by atoms with Crippen molar-refractivity contribution in [2.75, 3.05) is 39.3 Å². The summed E-state index contributed by atoms with van der Waals surface area (Å²) in [4.78, 5) is 16.5. The van der Waals surface area contributed by atoms with Crippen LogP contribution < -0.4 is 4.74 Å². The minimum Gasteiger partial charge on any atom is -0.492 e. The van der Waals surface area contributed by atoms with E-state index in [9.17, 15) is 4.79 Å². The molecule has 0 spiro atoms. The Morgan fingerprint density at radius 2 is 1.75 bits per heavy atom. The highest BCUT2D eigenvalue weighted by Gasteiger charge is 2.19.